The fourth-order valence-electron chi connectivity index (χ4n) is 3.03. The van der Waals surface area contributed by atoms with E-state index >= 15 is 0 Å². The van der Waals surface area contributed by atoms with Gasteiger partial charge in [0.2, 0.25) is 0 Å². The van der Waals surface area contributed by atoms with Crippen LogP contribution in [0, 0.1) is 0 Å². The van der Waals surface area contributed by atoms with Crippen LogP contribution in [-0.4, -0.2) is 38.4 Å². The molecule has 2 aromatic carbocycles. The minimum absolute atomic E-state index is 0. The van der Waals surface area contributed by atoms with E-state index in [1.165, 1.54) is 16.0 Å². The highest BCUT2D eigenvalue weighted by atomic mass is 127. The highest BCUT2D eigenvalue weighted by Gasteiger charge is 2.11. The van der Waals surface area contributed by atoms with Crippen molar-refractivity contribution in [3.63, 3.8) is 0 Å². The van der Waals surface area contributed by atoms with Gasteiger partial charge in [0.25, 0.3) is 0 Å². The molecule has 1 atom stereocenters. The number of nitrogens with zero attached hydrogens (tertiary/aromatic N) is 1. The fourth-order valence-corrected chi connectivity index (χ4v) is 3.87. The van der Waals surface area contributed by atoms with E-state index in [2.05, 4.69) is 39.2 Å². The second-order valence-corrected chi connectivity index (χ2v) is 7.62. The average molecular weight is 537 g/mol. The third-order valence-electron chi connectivity index (χ3n) is 4.74. The van der Waals surface area contributed by atoms with Crippen molar-refractivity contribution in [3.8, 4) is 16.9 Å². The molecule has 160 valence electrons. The van der Waals surface area contributed by atoms with Gasteiger partial charge >= 0.3 is 0 Å². The molecule has 0 radical (unpaired) electrons. The van der Waals surface area contributed by atoms with Crippen LogP contribution in [0.4, 0.5) is 0 Å². The molecule has 3 aromatic rings. The summed E-state index contributed by atoms with van der Waals surface area (Å²) >= 11 is 1.72. The van der Waals surface area contributed by atoms with Gasteiger partial charge in [-0.2, -0.15) is 0 Å². The number of aliphatic hydroxyl groups is 1. The molecule has 0 aliphatic heterocycles. The molecule has 3 N–H and O–H groups in total. The molecule has 0 amide bonds. The van der Waals surface area contributed by atoms with Crippen molar-refractivity contribution in [2.45, 2.75) is 12.5 Å². The summed E-state index contributed by atoms with van der Waals surface area (Å²) in [6.45, 7) is 1.39. The van der Waals surface area contributed by atoms with E-state index in [9.17, 15) is 5.11 Å². The lowest BCUT2D eigenvalue weighted by molar-refractivity contribution is 0.265. The Morgan fingerprint density at radius 1 is 1.07 bits per heavy atom. The van der Waals surface area contributed by atoms with Crippen LogP contribution in [0.5, 0.6) is 5.75 Å². The van der Waals surface area contributed by atoms with Crippen LogP contribution >= 0.6 is 35.3 Å². The quantitative estimate of drug-likeness (QED) is 0.225. The Bertz CT molecular complexity index is 914. The number of halogens is 1. The Labute approximate surface area is 199 Å². The van der Waals surface area contributed by atoms with Gasteiger partial charge < -0.3 is 20.5 Å². The zero-order valence-electron chi connectivity index (χ0n) is 17.2. The van der Waals surface area contributed by atoms with Gasteiger partial charge in [-0.1, -0.05) is 42.5 Å². The van der Waals surface area contributed by atoms with Crippen LogP contribution in [0.2, 0.25) is 0 Å². The third-order valence-corrected chi connectivity index (χ3v) is 5.67. The lowest BCUT2D eigenvalue weighted by Crippen LogP contribution is -2.39. The number of hydrogen-bond acceptors (Lipinski definition) is 4. The van der Waals surface area contributed by atoms with Gasteiger partial charge in [-0.15, -0.1) is 35.3 Å². The Morgan fingerprint density at radius 2 is 1.80 bits per heavy atom. The van der Waals surface area contributed by atoms with Gasteiger partial charge in [0.15, 0.2) is 5.96 Å². The first kappa shape index (κ1) is 24.2. The summed E-state index contributed by atoms with van der Waals surface area (Å²) in [4.78, 5) is 5.51. The van der Waals surface area contributed by atoms with E-state index in [1.807, 2.05) is 42.5 Å². The Balaban J connectivity index is 0.00000320. The number of aliphatic imine (C=N–C) groups is 1. The Kier molecular flexibility index (Phi) is 10.1. The van der Waals surface area contributed by atoms with Crippen LogP contribution in [0.15, 0.2) is 71.0 Å². The molecular weight excluding hydrogens is 509 g/mol. The molecule has 30 heavy (non-hydrogen) atoms. The second kappa shape index (κ2) is 12.6. The molecule has 0 saturated carbocycles. The molecule has 0 spiro atoms. The van der Waals surface area contributed by atoms with Crippen molar-refractivity contribution < 1.29 is 9.84 Å². The number of nitrogens with one attached hydrogen (secondary N) is 2. The molecule has 7 heteroatoms. The van der Waals surface area contributed by atoms with Crippen LogP contribution in [0.1, 0.15) is 16.4 Å². The molecule has 0 aliphatic rings. The fraction of sp³-hybridized carbons (Fsp3) is 0.261. The third kappa shape index (κ3) is 6.72. The van der Waals surface area contributed by atoms with E-state index in [4.69, 9.17) is 4.74 Å². The number of guanidine groups is 1. The van der Waals surface area contributed by atoms with Crippen LogP contribution in [-0.2, 0) is 6.54 Å². The molecule has 0 fully saturated rings. The smallest absolute Gasteiger partial charge is 0.191 e. The molecule has 5 nitrogen and oxygen atoms in total. The summed E-state index contributed by atoms with van der Waals surface area (Å²) in [6, 6.07) is 20.3. The van der Waals surface area contributed by atoms with Crippen molar-refractivity contribution in [3.05, 3.63) is 76.5 Å². The normalized spacial score (nSPS) is 12.0. The largest absolute Gasteiger partial charge is 0.497 e. The topological polar surface area (TPSA) is 65.9 Å². The monoisotopic (exact) mass is 537 g/mol. The number of rotatable bonds is 8. The van der Waals surface area contributed by atoms with E-state index in [-0.39, 0.29) is 36.5 Å². The molecular formula is C23H28IN3O2S. The van der Waals surface area contributed by atoms with Crippen molar-refractivity contribution in [2.75, 3.05) is 27.3 Å². The van der Waals surface area contributed by atoms with Gasteiger partial charge in [0.1, 0.15) is 5.75 Å². The number of methoxy groups -OCH3 is 1. The predicted octanol–water partition coefficient (Wildman–Crippen LogP) is 4.48. The zero-order valence-corrected chi connectivity index (χ0v) is 20.3. The first-order valence-electron chi connectivity index (χ1n) is 9.55. The van der Waals surface area contributed by atoms with E-state index < -0.39 is 0 Å². The molecule has 1 unspecified atom stereocenters. The van der Waals surface area contributed by atoms with Crippen LogP contribution < -0.4 is 15.4 Å². The number of ether oxygens (including phenoxy) is 1. The molecule has 1 aromatic heterocycles. The van der Waals surface area contributed by atoms with E-state index in [0.29, 0.717) is 13.1 Å². The second-order valence-electron chi connectivity index (χ2n) is 6.63. The lowest BCUT2D eigenvalue weighted by Gasteiger charge is -2.18. The highest BCUT2D eigenvalue weighted by Crippen LogP contribution is 2.27. The standard InChI is InChI=1S/C23H27N3O2S.HI/c1-24-23(25-13-20(15-27)17-6-4-3-5-7-17)26-14-22-12-19(16-29-22)18-8-10-21(28-2)11-9-18;/h3-12,16,20,27H,13-15H2,1-2H3,(H2,24,25,26);1H. The summed E-state index contributed by atoms with van der Waals surface area (Å²) in [5.41, 5.74) is 3.48. The molecule has 0 saturated heterocycles. The van der Waals surface area contributed by atoms with Crippen molar-refractivity contribution >= 4 is 41.3 Å². The predicted molar refractivity (Wildman–Crippen MR) is 136 cm³/mol. The summed E-state index contributed by atoms with van der Waals surface area (Å²) in [7, 11) is 3.43. The van der Waals surface area contributed by atoms with E-state index in [1.54, 1.807) is 25.5 Å². The zero-order chi connectivity index (χ0) is 20.5. The lowest BCUT2D eigenvalue weighted by atomic mass is 10.0. The van der Waals surface area contributed by atoms with Gasteiger partial charge in [-0.25, -0.2) is 0 Å². The number of benzene rings is 2. The van der Waals surface area contributed by atoms with Gasteiger partial charge in [-0.3, -0.25) is 4.99 Å². The van der Waals surface area contributed by atoms with Gasteiger partial charge in [0.05, 0.1) is 20.3 Å². The maximum Gasteiger partial charge on any atom is 0.191 e. The molecule has 3 rings (SSSR count). The summed E-state index contributed by atoms with van der Waals surface area (Å²) in [6.07, 6.45) is 0. The van der Waals surface area contributed by atoms with Crippen molar-refractivity contribution in [2.24, 2.45) is 4.99 Å². The Morgan fingerprint density at radius 3 is 2.43 bits per heavy atom. The van der Waals surface area contributed by atoms with Crippen LogP contribution in [0.25, 0.3) is 11.1 Å². The molecule has 0 bridgehead atoms. The first-order valence-corrected chi connectivity index (χ1v) is 10.4. The maximum atomic E-state index is 9.71. The SMILES string of the molecule is CN=C(NCc1cc(-c2ccc(OC)cc2)cs1)NCC(CO)c1ccccc1.I. The minimum atomic E-state index is 0. The summed E-state index contributed by atoms with van der Waals surface area (Å²) in [5.74, 6) is 1.61. The minimum Gasteiger partial charge on any atom is -0.497 e. The highest BCUT2D eigenvalue weighted by molar-refractivity contribution is 14.0. The van der Waals surface area contributed by atoms with Crippen LogP contribution in [0.3, 0.4) is 0 Å². The van der Waals surface area contributed by atoms with Crippen molar-refractivity contribution in [1.82, 2.24) is 10.6 Å². The number of thiophene rings is 1. The number of hydrogen-bond donors (Lipinski definition) is 3. The molecule has 0 aliphatic carbocycles. The van der Waals surface area contributed by atoms with Gasteiger partial charge in [0, 0.05) is 24.4 Å². The van der Waals surface area contributed by atoms with E-state index in [0.717, 1.165) is 17.3 Å². The van der Waals surface area contributed by atoms with Crippen molar-refractivity contribution in [1.29, 1.82) is 0 Å². The number of aliphatic hydroxyl groups excluding tert-OH is 1. The average Bonchev–Trinajstić information content (AvgIpc) is 3.26. The van der Waals surface area contributed by atoms with Gasteiger partial charge in [-0.05, 0) is 40.3 Å². The maximum absolute atomic E-state index is 9.71. The molecule has 1 heterocycles. The summed E-state index contributed by atoms with van der Waals surface area (Å²) < 4.78 is 5.22. The first-order chi connectivity index (χ1) is 14.2. The summed E-state index contributed by atoms with van der Waals surface area (Å²) in [5, 5.41) is 18.5. The Hall–Kier alpha value is -2.10.